The topological polar surface area (TPSA) is 155 Å². The van der Waals surface area contributed by atoms with Gasteiger partial charge in [0.1, 0.15) is 5.82 Å². The maximum atomic E-state index is 14.3. The van der Waals surface area contributed by atoms with Gasteiger partial charge in [0.15, 0.2) is 11.2 Å². The van der Waals surface area contributed by atoms with Crippen LogP contribution in [0, 0.1) is 17.7 Å². The molecule has 2 aromatic heterocycles. The Hall–Kier alpha value is -2.34. The lowest BCUT2D eigenvalue weighted by atomic mass is 9.95. The number of anilines is 1. The largest absolute Gasteiger partial charge is 0.475 e. The van der Waals surface area contributed by atoms with Crippen LogP contribution in [-0.2, 0) is 18.1 Å². The normalized spacial score (nSPS) is 31.3. The number of rotatable bonds is 5. The summed E-state index contributed by atoms with van der Waals surface area (Å²) in [4.78, 5) is 22.8. The van der Waals surface area contributed by atoms with Gasteiger partial charge in [-0.25, -0.2) is 13.9 Å². The first kappa shape index (κ1) is 24.4. The number of aromatic nitrogens is 4. The van der Waals surface area contributed by atoms with E-state index >= 15 is 0 Å². The summed E-state index contributed by atoms with van der Waals surface area (Å²) in [7, 11) is -4.02. The van der Waals surface area contributed by atoms with Gasteiger partial charge >= 0.3 is 7.82 Å². The zero-order valence-electron chi connectivity index (χ0n) is 18.6. The molecule has 1 aromatic carbocycles. The third kappa shape index (κ3) is 4.62. The molecule has 2 aliphatic rings. The third-order valence-corrected chi connectivity index (χ3v) is 8.40. The van der Waals surface area contributed by atoms with E-state index in [1.807, 2.05) is 6.92 Å². The summed E-state index contributed by atoms with van der Waals surface area (Å²) in [5.74, 6) is -1.18. The molecule has 3 heterocycles. The number of nitrogens with zero attached hydrogens (tertiary/aromatic N) is 3. The Morgan fingerprint density at radius 2 is 2.26 bits per heavy atom. The number of halogens is 2. The molecule has 1 aliphatic carbocycles. The zero-order chi connectivity index (χ0) is 24.9. The highest BCUT2D eigenvalue weighted by Gasteiger charge is 2.44. The number of benzene rings is 1. The summed E-state index contributed by atoms with van der Waals surface area (Å²) in [5, 5.41) is 11.1. The number of H-pyrrole nitrogens is 1. The van der Waals surface area contributed by atoms with Crippen molar-refractivity contribution in [3.8, 4) is 0 Å². The molecule has 14 heteroatoms. The number of nitrogens with one attached hydrogen (secondary N) is 1. The number of aliphatic hydroxyl groups is 1. The number of fused-ring (bicyclic) bond motifs is 1. The molecule has 1 saturated carbocycles. The average molecular weight is 528 g/mol. The van der Waals surface area contributed by atoms with Crippen LogP contribution in [0.25, 0.3) is 11.2 Å². The fourth-order valence-electron chi connectivity index (χ4n) is 4.82. The molecule has 4 N–H and O–H groups in total. The van der Waals surface area contributed by atoms with Crippen LogP contribution >= 0.6 is 19.4 Å². The van der Waals surface area contributed by atoms with Crippen LogP contribution in [0.5, 0.6) is 0 Å². The van der Waals surface area contributed by atoms with E-state index in [0.717, 1.165) is 0 Å². The molecule has 0 spiro atoms. The second kappa shape index (κ2) is 9.27. The van der Waals surface area contributed by atoms with Crippen LogP contribution < -0.4 is 11.3 Å². The fraction of sp³-hybridized carbons (Fsp3) is 0.476. The molecule has 6 atom stereocenters. The molecule has 11 nitrogen and oxygen atoms in total. The quantitative estimate of drug-likeness (QED) is 0.423. The lowest BCUT2D eigenvalue weighted by Crippen LogP contribution is -2.25. The maximum Gasteiger partial charge on any atom is 0.475 e. The van der Waals surface area contributed by atoms with Crippen molar-refractivity contribution in [2.45, 2.75) is 38.0 Å². The van der Waals surface area contributed by atoms with Crippen LogP contribution in [0.3, 0.4) is 0 Å². The van der Waals surface area contributed by atoms with E-state index in [1.54, 1.807) is 4.57 Å². The first-order chi connectivity index (χ1) is 16.6. The number of aromatic amines is 1. The Labute approximate surface area is 204 Å². The Balaban J connectivity index is 1.31. The molecule has 0 amide bonds. The number of phosphoric acid groups is 1. The van der Waals surface area contributed by atoms with Gasteiger partial charge in [0, 0.05) is 29.0 Å². The van der Waals surface area contributed by atoms with Crippen LogP contribution in [0.4, 0.5) is 10.3 Å². The smallest absolute Gasteiger partial charge is 0.393 e. The number of imidazole rings is 1. The number of nitrogen functional groups attached to an aromatic ring is 1. The molecule has 0 bridgehead atoms. The van der Waals surface area contributed by atoms with Gasteiger partial charge in [-0.1, -0.05) is 18.5 Å². The molecular weight excluding hydrogens is 504 g/mol. The van der Waals surface area contributed by atoms with Crippen LogP contribution in [0.1, 0.15) is 37.5 Å². The molecule has 5 rings (SSSR count). The standard InChI is InChI=1S/C21H24ClFN5O6P/c1-10-13(16(29)7-15(10)28-9-25-18-19(28)26-21(24)27-20(18)30)8-33-35(31)32-5-4-17(34-35)12-6-11(22)2-3-14(12)23/h2-3,6,9-10,13,15-17,29H,4-5,7-8H2,1H3,(H3,24,26,27,30)/t10?,13-,15-,16-,17+,35-/m0/s1. The van der Waals surface area contributed by atoms with Crippen molar-refractivity contribution in [1.29, 1.82) is 0 Å². The minimum absolute atomic E-state index is 0.0364. The van der Waals surface area contributed by atoms with Crippen molar-refractivity contribution in [3.05, 3.63) is 51.3 Å². The highest BCUT2D eigenvalue weighted by molar-refractivity contribution is 7.48. The molecular formula is C21H24ClFN5O6P. The number of phosphoric ester groups is 1. The molecule has 1 unspecified atom stereocenters. The summed E-state index contributed by atoms with van der Waals surface area (Å²) in [5.41, 5.74) is 5.87. The Kier molecular flexibility index (Phi) is 6.45. The molecule has 2 fully saturated rings. The van der Waals surface area contributed by atoms with Gasteiger partial charge < -0.3 is 15.4 Å². The predicted octanol–water partition coefficient (Wildman–Crippen LogP) is 3.36. The fourth-order valence-corrected chi connectivity index (χ4v) is 6.41. The average Bonchev–Trinajstić information content (AvgIpc) is 3.34. The van der Waals surface area contributed by atoms with Gasteiger partial charge in [-0.3, -0.25) is 23.3 Å². The second-order valence-electron chi connectivity index (χ2n) is 8.79. The number of nitrogens with two attached hydrogens (primary N) is 1. The predicted molar refractivity (Wildman–Crippen MR) is 124 cm³/mol. The van der Waals surface area contributed by atoms with E-state index < -0.39 is 37.3 Å². The Bertz CT molecular complexity index is 1370. The van der Waals surface area contributed by atoms with Gasteiger partial charge in [-0.05, 0) is 30.5 Å². The minimum Gasteiger partial charge on any atom is -0.393 e. The monoisotopic (exact) mass is 527 g/mol. The molecule has 0 radical (unpaired) electrons. The van der Waals surface area contributed by atoms with Gasteiger partial charge in [0.25, 0.3) is 5.56 Å². The van der Waals surface area contributed by atoms with E-state index in [-0.39, 0.29) is 48.6 Å². The number of aliphatic hydroxyl groups excluding tert-OH is 1. The lowest BCUT2D eigenvalue weighted by Gasteiger charge is -2.31. The first-order valence-electron chi connectivity index (χ1n) is 11.1. The van der Waals surface area contributed by atoms with Crippen molar-refractivity contribution in [3.63, 3.8) is 0 Å². The summed E-state index contributed by atoms with van der Waals surface area (Å²) >= 11 is 5.98. The second-order valence-corrected chi connectivity index (χ2v) is 10.9. The van der Waals surface area contributed by atoms with E-state index in [4.69, 9.17) is 30.9 Å². The van der Waals surface area contributed by atoms with Crippen molar-refractivity contribution >= 4 is 36.5 Å². The molecule has 3 aromatic rings. The molecule has 1 saturated heterocycles. The van der Waals surface area contributed by atoms with Crippen molar-refractivity contribution < 1.29 is 27.6 Å². The summed E-state index contributed by atoms with van der Waals surface area (Å²) < 4.78 is 45.6. The first-order valence-corrected chi connectivity index (χ1v) is 12.9. The summed E-state index contributed by atoms with van der Waals surface area (Å²) in [6.07, 6.45) is 0.446. The van der Waals surface area contributed by atoms with E-state index in [0.29, 0.717) is 17.1 Å². The molecule has 35 heavy (non-hydrogen) atoms. The number of hydrogen-bond acceptors (Lipinski definition) is 9. The van der Waals surface area contributed by atoms with Crippen LogP contribution in [0.2, 0.25) is 5.02 Å². The molecule has 1 aliphatic heterocycles. The van der Waals surface area contributed by atoms with E-state index in [1.165, 1.54) is 24.5 Å². The summed E-state index contributed by atoms with van der Waals surface area (Å²) in [6.45, 7) is 1.82. The maximum absolute atomic E-state index is 14.3. The third-order valence-electron chi connectivity index (χ3n) is 6.68. The highest BCUT2D eigenvalue weighted by atomic mass is 35.5. The van der Waals surface area contributed by atoms with E-state index in [2.05, 4.69) is 15.0 Å². The van der Waals surface area contributed by atoms with Crippen molar-refractivity contribution in [2.24, 2.45) is 11.8 Å². The number of hydrogen-bond donors (Lipinski definition) is 3. The Morgan fingerprint density at radius 3 is 3.06 bits per heavy atom. The lowest BCUT2D eigenvalue weighted by molar-refractivity contribution is 0.00766. The van der Waals surface area contributed by atoms with Crippen molar-refractivity contribution in [2.75, 3.05) is 18.9 Å². The van der Waals surface area contributed by atoms with Gasteiger partial charge in [-0.15, -0.1) is 0 Å². The van der Waals surface area contributed by atoms with Gasteiger partial charge in [0.2, 0.25) is 5.95 Å². The Morgan fingerprint density at radius 1 is 1.46 bits per heavy atom. The van der Waals surface area contributed by atoms with Crippen LogP contribution in [0.15, 0.2) is 29.3 Å². The zero-order valence-corrected chi connectivity index (χ0v) is 20.3. The SMILES string of the molecule is CC1[C@H](CO[P@]2(=O)OCC[C@H](c3cc(Cl)ccc3F)O2)[C@@H](O)C[C@@H]1n1cnc2c(=O)[nH]c(N)nc21. The van der Waals surface area contributed by atoms with Gasteiger partial charge in [0.05, 0.1) is 31.7 Å². The van der Waals surface area contributed by atoms with Crippen LogP contribution in [-0.4, -0.2) is 43.9 Å². The minimum atomic E-state index is -4.02. The van der Waals surface area contributed by atoms with Gasteiger partial charge in [-0.2, -0.15) is 4.98 Å². The molecule has 188 valence electrons. The highest BCUT2D eigenvalue weighted by Crippen LogP contribution is 2.58. The van der Waals surface area contributed by atoms with E-state index in [9.17, 15) is 18.9 Å². The summed E-state index contributed by atoms with van der Waals surface area (Å²) in [6, 6.07) is 3.79. The van der Waals surface area contributed by atoms with Crippen molar-refractivity contribution in [1.82, 2.24) is 19.5 Å².